The molecule has 7 nitrogen and oxygen atoms in total. The first-order valence-corrected chi connectivity index (χ1v) is 13.1. The van der Waals surface area contributed by atoms with E-state index in [4.69, 9.17) is 0 Å². The van der Waals surface area contributed by atoms with Gasteiger partial charge in [0.15, 0.2) is 5.78 Å². The SMILES string of the molecule is CC(CO)CCC(O)[C@](C)(O)C1CC[C@@]2(O)C3=CC(=O)C4CC(O)C(O)C[C@]4(C)C3CC[C@]12C. The van der Waals surface area contributed by atoms with Crippen LogP contribution in [0, 0.1) is 34.5 Å². The first-order valence-electron chi connectivity index (χ1n) is 13.1. The molecule has 7 unspecified atom stereocenters. The largest absolute Gasteiger partial charge is 0.396 e. The lowest BCUT2D eigenvalue weighted by Gasteiger charge is -2.60. The van der Waals surface area contributed by atoms with Gasteiger partial charge in [0.2, 0.25) is 0 Å². The zero-order valence-electron chi connectivity index (χ0n) is 21.1. The lowest BCUT2D eigenvalue weighted by Crippen LogP contribution is -2.62. The smallest absolute Gasteiger partial charge is 0.159 e. The summed E-state index contributed by atoms with van der Waals surface area (Å²) >= 11 is 0. The Morgan fingerprint density at radius 2 is 1.79 bits per heavy atom. The van der Waals surface area contributed by atoms with E-state index in [-0.39, 0.29) is 42.5 Å². The minimum absolute atomic E-state index is 0.0326. The maximum absolute atomic E-state index is 13.3. The molecule has 0 radical (unpaired) electrons. The van der Waals surface area contributed by atoms with E-state index in [2.05, 4.69) is 0 Å². The minimum Gasteiger partial charge on any atom is -0.396 e. The molecule has 0 saturated heterocycles. The molecule has 6 N–H and O–H groups in total. The summed E-state index contributed by atoms with van der Waals surface area (Å²) < 4.78 is 0. The van der Waals surface area contributed by atoms with Crippen LogP contribution >= 0.6 is 0 Å². The van der Waals surface area contributed by atoms with E-state index < -0.39 is 40.3 Å². The second-order valence-corrected chi connectivity index (χ2v) is 12.7. The van der Waals surface area contributed by atoms with Gasteiger partial charge in [-0.3, -0.25) is 4.79 Å². The van der Waals surface area contributed by atoms with Crippen LogP contribution in [-0.4, -0.2) is 72.5 Å². The second-order valence-electron chi connectivity index (χ2n) is 12.7. The van der Waals surface area contributed by atoms with Crippen molar-refractivity contribution in [2.24, 2.45) is 34.5 Å². The number of allylic oxidation sites excluding steroid dienone is 1. The van der Waals surface area contributed by atoms with Crippen LogP contribution in [0.5, 0.6) is 0 Å². The second kappa shape index (κ2) is 8.63. The quantitative estimate of drug-likeness (QED) is 0.340. The monoisotopic (exact) mass is 480 g/mol. The molecular formula is C27H44O7. The molecule has 0 amide bonds. The molecule has 7 heteroatoms. The van der Waals surface area contributed by atoms with Crippen LogP contribution < -0.4 is 0 Å². The van der Waals surface area contributed by atoms with Gasteiger partial charge in [-0.25, -0.2) is 0 Å². The van der Waals surface area contributed by atoms with Crippen molar-refractivity contribution in [1.82, 2.24) is 0 Å². The zero-order chi connectivity index (χ0) is 25.3. The Kier molecular flexibility index (Phi) is 6.66. The van der Waals surface area contributed by atoms with Crippen molar-refractivity contribution in [2.45, 2.75) is 109 Å². The molecule has 4 aliphatic carbocycles. The van der Waals surface area contributed by atoms with E-state index in [1.54, 1.807) is 13.0 Å². The molecule has 11 atom stereocenters. The fourth-order valence-corrected chi connectivity index (χ4v) is 8.37. The number of carbonyl (C=O) groups excluding carboxylic acids is 1. The fourth-order valence-electron chi connectivity index (χ4n) is 8.37. The van der Waals surface area contributed by atoms with Gasteiger partial charge >= 0.3 is 0 Å². The molecule has 0 aliphatic heterocycles. The predicted molar refractivity (Wildman–Crippen MR) is 127 cm³/mol. The number of aliphatic hydroxyl groups is 6. The summed E-state index contributed by atoms with van der Waals surface area (Å²) in [6.07, 6.45) is 2.65. The first-order chi connectivity index (χ1) is 15.7. The maximum atomic E-state index is 13.3. The van der Waals surface area contributed by atoms with Crippen molar-refractivity contribution in [1.29, 1.82) is 0 Å². The highest BCUT2D eigenvalue weighted by Crippen LogP contribution is 2.68. The van der Waals surface area contributed by atoms with E-state index in [1.165, 1.54) is 0 Å². The highest BCUT2D eigenvalue weighted by atomic mass is 16.3. The summed E-state index contributed by atoms with van der Waals surface area (Å²) in [5, 5.41) is 64.7. The molecule has 3 fully saturated rings. The number of hydrogen-bond acceptors (Lipinski definition) is 7. The topological polar surface area (TPSA) is 138 Å². The van der Waals surface area contributed by atoms with Crippen molar-refractivity contribution in [2.75, 3.05) is 6.61 Å². The molecule has 4 aliphatic rings. The van der Waals surface area contributed by atoms with E-state index in [9.17, 15) is 35.4 Å². The molecule has 194 valence electrons. The average molecular weight is 481 g/mol. The zero-order valence-corrected chi connectivity index (χ0v) is 21.1. The molecular weight excluding hydrogens is 436 g/mol. The van der Waals surface area contributed by atoms with Crippen LogP contribution in [0.3, 0.4) is 0 Å². The van der Waals surface area contributed by atoms with Gasteiger partial charge < -0.3 is 30.6 Å². The highest BCUT2D eigenvalue weighted by molar-refractivity contribution is 5.95. The summed E-state index contributed by atoms with van der Waals surface area (Å²) in [4.78, 5) is 13.3. The number of hydrogen-bond donors (Lipinski definition) is 6. The minimum atomic E-state index is -1.42. The molecule has 0 aromatic heterocycles. The van der Waals surface area contributed by atoms with Crippen LogP contribution in [0.15, 0.2) is 11.6 Å². The van der Waals surface area contributed by atoms with Gasteiger partial charge in [-0.05, 0) is 93.1 Å². The third-order valence-corrected chi connectivity index (χ3v) is 10.7. The van der Waals surface area contributed by atoms with Gasteiger partial charge in [0.1, 0.15) is 0 Å². The van der Waals surface area contributed by atoms with Gasteiger partial charge in [0.25, 0.3) is 0 Å². The lowest BCUT2D eigenvalue weighted by molar-refractivity contribution is -0.176. The molecule has 0 spiro atoms. The van der Waals surface area contributed by atoms with Crippen molar-refractivity contribution in [3.05, 3.63) is 11.6 Å². The third-order valence-electron chi connectivity index (χ3n) is 10.7. The van der Waals surface area contributed by atoms with Crippen LogP contribution in [0.4, 0.5) is 0 Å². The Balaban J connectivity index is 1.65. The van der Waals surface area contributed by atoms with Crippen molar-refractivity contribution in [3.63, 3.8) is 0 Å². The molecule has 0 aromatic rings. The Labute approximate surface area is 202 Å². The van der Waals surface area contributed by atoms with Crippen LogP contribution in [0.25, 0.3) is 0 Å². The summed E-state index contributed by atoms with van der Waals surface area (Å²) in [7, 11) is 0. The van der Waals surface area contributed by atoms with Crippen LogP contribution in [0.1, 0.15) is 79.1 Å². The Bertz CT molecular complexity index is 839. The van der Waals surface area contributed by atoms with E-state index in [1.807, 2.05) is 20.8 Å². The van der Waals surface area contributed by atoms with Crippen molar-refractivity contribution >= 4 is 5.78 Å². The molecule has 4 rings (SSSR count). The summed E-state index contributed by atoms with van der Waals surface area (Å²) in [6.45, 7) is 7.59. The number of fused-ring (bicyclic) bond motifs is 5. The van der Waals surface area contributed by atoms with Crippen LogP contribution in [0.2, 0.25) is 0 Å². The number of rotatable bonds is 6. The van der Waals surface area contributed by atoms with Crippen LogP contribution in [-0.2, 0) is 4.79 Å². The fraction of sp³-hybridized carbons (Fsp3) is 0.889. The lowest BCUT2D eigenvalue weighted by atomic mass is 9.45. The molecule has 3 saturated carbocycles. The van der Waals surface area contributed by atoms with Crippen molar-refractivity contribution in [3.8, 4) is 0 Å². The van der Waals surface area contributed by atoms with Gasteiger partial charge in [0.05, 0.1) is 29.5 Å². The first kappa shape index (κ1) is 26.2. The van der Waals surface area contributed by atoms with Gasteiger partial charge in [-0.2, -0.15) is 0 Å². The van der Waals surface area contributed by atoms with Gasteiger partial charge in [0, 0.05) is 17.9 Å². The molecule has 0 aromatic carbocycles. The van der Waals surface area contributed by atoms with Gasteiger partial charge in [-0.1, -0.05) is 20.8 Å². The normalized spacial score (nSPS) is 47.6. The number of aliphatic hydroxyl groups excluding tert-OH is 4. The molecule has 0 heterocycles. The Morgan fingerprint density at radius 1 is 1.12 bits per heavy atom. The summed E-state index contributed by atoms with van der Waals surface area (Å²) in [5.41, 5.74) is -3.21. The molecule has 34 heavy (non-hydrogen) atoms. The van der Waals surface area contributed by atoms with E-state index in [0.29, 0.717) is 38.5 Å². The van der Waals surface area contributed by atoms with Gasteiger partial charge in [-0.15, -0.1) is 0 Å². The Morgan fingerprint density at radius 3 is 2.44 bits per heavy atom. The van der Waals surface area contributed by atoms with Crippen molar-refractivity contribution < 1.29 is 35.4 Å². The summed E-state index contributed by atoms with van der Waals surface area (Å²) in [6, 6.07) is 0. The average Bonchev–Trinajstić information content (AvgIpc) is 3.06. The van der Waals surface area contributed by atoms with E-state index >= 15 is 0 Å². The number of carbonyl (C=O) groups is 1. The van der Waals surface area contributed by atoms with E-state index in [0.717, 1.165) is 12.0 Å². The summed E-state index contributed by atoms with van der Waals surface area (Å²) in [5.74, 6) is -0.859. The third kappa shape index (κ3) is 3.65. The number of ketones is 1. The molecule has 0 bridgehead atoms. The highest BCUT2D eigenvalue weighted by Gasteiger charge is 2.69. The Hall–Kier alpha value is -0.830. The standard InChI is InChI=1S/C27H44O7/c1-15(14-28)5-6-23(32)26(4,33)22-8-10-27(34)17-11-19(29)18-12-20(30)21(31)13-24(18,2)16(17)7-9-25(22,27)3/h11,15-16,18,20-23,28,30-34H,5-10,12-14H2,1-4H3/t15?,16?,18?,20?,21?,22?,23?,24-,25-,26-,27-/m1/s1. The maximum Gasteiger partial charge on any atom is 0.159 e. The predicted octanol–water partition coefficient (Wildman–Crippen LogP) is 1.71.